The van der Waals surface area contributed by atoms with Crippen LogP contribution in [0.5, 0.6) is 0 Å². The molecule has 0 spiro atoms. The third kappa shape index (κ3) is 4.68. The van der Waals surface area contributed by atoms with E-state index in [2.05, 4.69) is 16.1 Å². The number of amides is 1. The number of sulfonamides is 1. The molecular formula is C16H22N2O3S. The minimum absolute atomic E-state index is 0.0427. The molecule has 2 rings (SSSR count). The average molecular weight is 322 g/mol. The zero-order valence-electron chi connectivity index (χ0n) is 12.7. The summed E-state index contributed by atoms with van der Waals surface area (Å²) in [6, 6.07) is 6.54. The van der Waals surface area contributed by atoms with Gasteiger partial charge in [-0.2, -0.15) is 0 Å². The maximum atomic E-state index is 12.0. The Morgan fingerprint density at radius 2 is 2.00 bits per heavy atom. The van der Waals surface area contributed by atoms with Crippen LogP contribution in [0.2, 0.25) is 0 Å². The van der Waals surface area contributed by atoms with Gasteiger partial charge >= 0.3 is 0 Å². The first-order valence-electron chi connectivity index (χ1n) is 7.56. The number of carbonyl (C=O) groups is 1. The zero-order valence-corrected chi connectivity index (χ0v) is 13.5. The third-order valence-corrected chi connectivity index (χ3v) is 5.09. The van der Waals surface area contributed by atoms with E-state index in [0.717, 1.165) is 24.8 Å². The lowest BCUT2D eigenvalue weighted by Gasteiger charge is -2.17. The van der Waals surface area contributed by atoms with E-state index >= 15 is 0 Å². The molecule has 1 aliphatic carbocycles. The van der Waals surface area contributed by atoms with Gasteiger partial charge in [0, 0.05) is 12.6 Å². The highest BCUT2D eigenvalue weighted by molar-refractivity contribution is 7.89. The Balaban J connectivity index is 1.94. The molecule has 2 N–H and O–H groups in total. The van der Waals surface area contributed by atoms with E-state index in [9.17, 15) is 13.2 Å². The fourth-order valence-corrected chi connectivity index (χ4v) is 3.48. The maximum absolute atomic E-state index is 12.0. The summed E-state index contributed by atoms with van der Waals surface area (Å²) in [5.74, 6) is -0.0427. The van der Waals surface area contributed by atoms with Crippen LogP contribution in [0.3, 0.4) is 0 Å². The van der Waals surface area contributed by atoms with E-state index in [1.165, 1.54) is 12.1 Å². The standard InChI is InChI=1S/C16H22N2O3S/c1-2-17-22(20,21)15-10-8-13(9-11-15)12-16(19)18-14-6-4-3-5-7-14/h4,6,8-11,14,17H,2-3,5,7,12H2,1H3,(H,18,19)/t14-/m1/s1. The van der Waals surface area contributed by atoms with Crippen LogP contribution in [0.4, 0.5) is 0 Å². The predicted octanol–water partition coefficient (Wildman–Crippen LogP) is 1.75. The van der Waals surface area contributed by atoms with E-state index in [1.807, 2.05) is 6.08 Å². The van der Waals surface area contributed by atoms with Crippen LogP contribution in [0.25, 0.3) is 0 Å². The molecule has 1 aliphatic rings. The zero-order chi connectivity index (χ0) is 16.0. The van der Waals surface area contributed by atoms with Gasteiger partial charge in [0.2, 0.25) is 15.9 Å². The number of carbonyl (C=O) groups excluding carboxylic acids is 1. The average Bonchev–Trinajstić information content (AvgIpc) is 2.48. The smallest absolute Gasteiger partial charge is 0.240 e. The summed E-state index contributed by atoms with van der Waals surface area (Å²) in [6.45, 7) is 2.08. The second-order valence-corrected chi connectivity index (χ2v) is 7.12. The van der Waals surface area contributed by atoms with Gasteiger partial charge in [-0.15, -0.1) is 0 Å². The molecule has 0 fully saturated rings. The summed E-state index contributed by atoms with van der Waals surface area (Å²) in [4.78, 5) is 12.2. The van der Waals surface area contributed by atoms with E-state index in [-0.39, 0.29) is 23.3 Å². The molecule has 120 valence electrons. The molecule has 22 heavy (non-hydrogen) atoms. The minimum Gasteiger partial charge on any atom is -0.350 e. The molecule has 6 heteroatoms. The van der Waals surface area contributed by atoms with Crippen molar-refractivity contribution in [2.75, 3.05) is 6.54 Å². The lowest BCUT2D eigenvalue weighted by Crippen LogP contribution is -2.35. The number of benzene rings is 1. The molecule has 0 aromatic heterocycles. The summed E-state index contributed by atoms with van der Waals surface area (Å²) < 4.78 is 26.1. The summed E-state index contributed by atoms with van der Waals surface area (Å²) >= 11 is 0. The molecule has 0 unspecified atom stereocenters. The van der Waals surface area contributed by atoms with Gasteiger partial charge in [-0.25, -0.2) is 13.1 Å². The molecule has 0 saturated heterocycles. The number of rotatable bonds is 6. The van der Waals surface area contributed by atoms with Crippen molar-refractivity contribution < 1.29 is 13.2 Å². The Bertz CT molecular complexity index is 636. The first kappa shape index (κ1) is 16.7. The molecule has 1 amide bonds. The van der Waals surface area contributed by atoms with Crippen molar-refractivity contribution >= 4 is 15.9 Å². The van der Waals surface area contributed by atoms with E-state index in [4.69, 9.17) is 0 Å². The van der Waals surface area contributed by atoms with E-state index in [0.29, 0.717) is 6.54 Å². The van der Waals surface area contributed by atoms with Gasteiger partial charge < -0.3 is 5.32 Å². The fraction of sp³-hybridized carbons (Fsp3) is 0.438. The van der Waals surface area contributed by atoms with Gasteiger partial charge in [0.15, 0.2) is 0 Å². The predicted molar refractivity (Wildman–Crippen MR) is 85.9 cm³/mol. The summed E-state index contributed by atoms with van der Waals surface area (Å²) in [5, 5.41) is 2.98. The van der Waals surface area contributed by atoms with Crippen molar-refractivity contribution in [3.05, 3.63) is 42.0 Å². The van der Waals surface area contributed by atoms with Crippen LogP contribution in [-0.2, 0) is 21.2 Å². The van der Waals surface area contributed by atoms with Crippen molar-refractivity contribution in [2.45, 2.75) is 43.5 Å². The van der Waals surface area contributed by atoms with E-state index in [1.54, 1.807) is 19.1 Å². The Morgan fingerprint density at radius 3 is 2.59 bits per heavy atom. The molecule has 1 atom stereocenters. The number of hydrogen-bond acceptors (Lipinski definition) is 3. The van der Waals surface area contributed by atoms with E-state index < -0.39 is 10.0 Å². The monoisotopic (exact) mass is 322 g/mol. The van der Waals surface area contributed by atoms with Crippen molar-refractivity contribution in [3.63, 3.8) is 0 Å². The second kappa shape index (κ2) is 7.56. The van der Waals surface area contributed by atoms with Crippen molar-refractivity contribution in [1.29, 1.82) is 0 Å². The highest BCUT2D eigenvalue weighted by atomic mass is 32.2. The molecule has 1 aromatic rings. The Labute approximate surface area is 131 Å². The third-order valence-electron chi connectivity index (χ3n) is 3.53. The SMILES string of the molecule is CCNS(=O)(=O)c1ccc(CC(=O)N[C@@H]2C=CCCC2)cc1. The van der Waals surface area contributed by atoms with Crippen molar-refractivity contribution in [1.82, 2.24) is 10.0 Å². The highest BCUT2D eigenvalue weighted by Crippen LogP contribution is 2.12. The second-order valence-electron chi connectivity index (χ2n) is 5.36. The van der Waals surface area contributed by atoms with Crippen LogP contribution in [0, 0.1) is 0 Å². The molecule has 0 saturated carbocycles. The Morgan fingerprint density at radius 1 is 1.27 bits per heavy atom. The minimum atomic E-state index is -3.44. The van der Waals surface area contributed by atoms with Gasteiger partial charge in [-0.3, -0.25) is 4.79 Å². The lowest BCUT2D eigenvalue weighted by molar-refractivity contribution is -0.120. The molecular weight excluding hydrogens is 300 g/mol. The van der Waals surface area contributed by atoms with Crippen LogP contribution < -0.4 is 10.0 Å². The van der Waals surface area contributed by atoms with Crippen molar-refractivity contribution in [3.8, 4) is 0 Å². The summed E-state index contributed by atoms with van der Waals surface area (Å²) in [5.41, 5.74) is 0.799. The van der Waals surface area contributed by atoms with Gasteiger partial charge in [-0.05, 0) is 37.0 Å². The normalized spacial score (nSPS) is 18.1. The number of allylic oxidation sites excluding steroid dienone is 1. The summed E-state index contributed by atoms with van der Waals surface area (Å²) in [6.07, 6.45) is 7.53. The molecule has 0 radical (unpaired) electrons. The van der Waals surface area contributed by atoms with Crippen LogP contribution >= 0.6 is 0 Å². The van der Waals surface area contributed by atoms with Crippen LogP contribution in [-0.4, -0.2) is 26.9 Å². The largest absolute Gasteiger partial charge is 0.350 e. The first-order chi connectivity index (χ1) is 10.5. The molecule has 0 heterocycles. The molecule has 1 aromatic carbocycles. The number of nitrogens with one attached hydrogen (secondary N) is 2. The molecule has 0 aliphatic heterocycles. The van der Waals surface area contributed by atoms with Crippen molar-refractivity contribution in [2.24, 2.45) is 0 Å². The van der Waals surface area contributed by atoms with Crippen LogP contribution in [0.1, 0.15) is 31.7 Å². The van der Waals surface area contributed by atoms with Gasteiger partial charge in [0.25, 0.3) is 0 Å². The van der Waals surface area contributed by atoms with Gasteiger partial charge in [0.05, 0.1) is 11.3 Å². The molecule has 0 bridgehead atoms. The quantitative estimate of drug-likeness (QED) is 0.784. The summed E-state index contributed by atoms with van der Waals surface area (Å²) in [7, 11) is -3.44. The Hall–Kier alpha value is -1.66. The topological polar surface area (TPSA) is 75.3 Å². The van der Waals surface area contributed by atoms with Gasteiger partial charge in [0.1, 0.15) is 0 Å². The Kier molecular flexibility index (Phi) is 5.74. The maximum Gasteiger partial charge on any atom is 0.240 e. The van der Waals surface area contributed by atoms with Gasteiger partial charge in [-0.1, -0.05) is 31.2 Å². The highest BCUT2D eigenvalue weighted by Gasteiger charge is 2.14. The molecule has 5 nitrogen and oxygen atoms in total. The number of hydrogen-bond donors (Lipinski definition) is 2. The fourth-order valence-electron chi connectivity index (χ4n) is 2.44. The first-order valence-corrected chi connectivity index (χ1v) is 9.04. The lowest BCUT2D eigenvalue weighted by atomic mass is 10.0. The van der Waals surface area contributed by atoms with Crippen LogP contribution in [0.15, 0.2) is 41.3 Å².